The minimum Gasteiger partial charge on any atom is -0.503 e. The molecule has 0 aromatic carbocycles. The third-order valence-electron chi connectivity index (χ3n) is 3.58. The number of aromatic hydroxyl groups is 1. The van der Waals surface area contributed by atoms with Gasteiger partial charge < -0.3 is 14.4 Å². The van der Waals surface area contributed by atoms with Gasteiger partial charge in [0.25, 0.3) is 5.91 Å². The maximum absolute atomic E-state index is 12.5. The van der Waals surface area contributed by atoms with Gasteiger partial charge in [-0.15, -0.1) is 0 Å². The monoisotopic (exact) mass is 276 g/mol. The number of hydrogen-bond donors (Lipinski definition) is 2. The van der Waals surface area contributed by atoms with Gasteiger partial charge in [0, 0.05) is 18.7 Å². The third-order valence-corrected chi connectivity index (χ3v) is 3.58. The Morgan fingerprint density at radius 3 is 3.00 bits per heavy atom. The van der Waals surface area contributed by atoms with E-state index in [1.165, 1.54) is 10.8 Å². The molecule has 1 aromatic rings. The first kappa shape index (κ1) is 12.7. The van der Waals surface area contributed by atoms with Crippen LogP contribution in [0.3, 0.4) is 0 Å². The van der Waals surface area contributed by atoms with Gasteiger partial charge in [-0.1, -0.05) is 0 Å². The zero-order chi connectivity index (χ0) is 14.5. The summed E-state index contributed by atoms with van der Waals surface area (Å²) in [7, 11) is 0. The molecule has 20 heavy (non-hydrogen) atoms. The molecule has 0 radical (unpaired) electrons. The molecule has 104 valence electrons. The van der Waals surface area contributed by atoms with Crippen LogP contribution in [0.25, 0.3) is 0 Å². The Hall–Kier alpha value is -2.37. The van der Waals surface area contributed by atoms with Crippen molar-refractivity contribution in [1.29, 1.82) is 5.26 Å². The Morgan fingerprint density at radius 1 is 1.55 bits per heavy atom. The summed E-state index contributed by atoms with van der Waals surface area (Å²) in [6, 6.07) is 2.40. The number of carbonyl (C=O) groups is 1. The normalized spacial score (nSPS) is 28.5. The van der Waals surface area contributed by atoms with E-state index in [9.17, 15) is 14.7 Å². The Bertz CT molecular complexity index is 692. The fraction of sp³-hybridized carbons (Fsp3) is 0.417. The quantitative estimate of drug-likeness (QED) is 0.622. The largest absolute Gasteiger partial charge is 0.503 e. The summed E-state index contributed by atoms with van der Waals surface area (Å²) in [5.74, 6) is -2.76. The number of nitrogens with two attached hydrogens (primary N) is 1. The van der Waals surface area contributed by atoms with E-state index in [2.05, 4.69) is 0 Å². The maximum Gasteiger partial charge on any atom is 0.278 e. The number of ether oxygens (including phenoxy) is 1. The fourth-order valence-corrected chi connectivity index (χ4v) is 2.65. The van der Waals surface area contributed by atoms with Crippen LogP contribution in [0.15, 0.2) is 17.1 Å². The number of fused-ring (bicyclic) bond motifs is 2. The Kier molecular flexibility index (Phi) is 2.57. The highest BCUT2D eigenvalue weighted by Gasteiger charge is 2.50. The van der Waals surface area contributed by atoms with Crippen LogP contribution >= 0.6 is 0 Å². The number of nitriles is 1. The number of rotatable bonds is 0. The zero-order valence-electron chi connectivity index (χ0n) is 10.4. The number of carbonyl (C=O) groups excluding carboxylic acids is 1. The molecule has 3 rings (SSSR count). The molecular weight excluding hydrogens is 264 g/mol. The zero-order valence-corrected chi connectivity index (χ0v) is 10.4. The first-order chi connectivity index (χ1) is 9.48. The van der Waals surface area contributed by atoms with Gasteiger partial charge >= 0.3 is 0 Å². The Labute approximate surface area is 113 Å². The lowest BCUT2D eigenvalue weighted by Crippen LogP contribution is -2.70. The maximum atomic E-state index is 12.5. The standard InChI is InChI=1S/C12H12N4O4/c13-5-7-2-4-20-12(14)6-15-3-1-8(17)10(18)9(15)11(19)16(7)12/h1,3,7,18H,2,4,6,14H2/t7-,12+/m0/s1. The lowest BCUT2D eigenvalue weighted by atomic mass is 10.0. The third kappa shape index (κ3) is 1.54. The van der Waals surface area contributed by atoms with Crippen molar-refractivity contribution in [2.75, 3.05) is 6.61 Å². The van der Waals surface area contributed by atoms with Crippen molar-refractivity contribution in [1.82, 2.24) is 9.47 Å². The number of pyridine rings is 1. The summed E-state index contributed by atoms with van der Waals surface area (Å²) in [5, 5.41) is 18.9. The molecule has 2 aliphatic rings. The molecule has 0 saturated carbocycles. The van der Waals surface area contributed by atoms with Crippen molar-refractivity contribution >= 4 is 5.91 Å². The van der Waals surface area contributed by atoms with Gasteiger partial charge in [-0.25, -0.2) is 0 Å². The van der Waals surface area contributed by atoms with Gasteiger partial charge in [0.05, 0.1) is 19.2 Å². The molecule has 1 saturated heterocycles. The Balaban J connectivity index is 2.20. The van der Waals surface area contributed by atoms with Gasteiger partial charge in [-0.05, 0) is 0 Å². The summed E-state index contributed by atoms with van der Waals surface area (Å²) >= 11 is 0. The van der Waals surface area contributed by atoms with E-state index in [1.807, 2.05) is 6.07 Å². The topological polar surface area (TPSA) is 122 Å². The van der Waals surface area contributed by atoms with Crippen molar-refractivity contribution in [3.05, 3.63) is 28.2 Å². The minimum absolute atomic E-state index is 0.0418. The van der Waals surface area contributed by atoms with E-state index < -0.39 is 29.0 Å². The van der Waals surface area contributed by atoms with Gasteiger partial charge in [0.15, 0.2) is 11.4 Å². The molecule has 3 N–H and O–H groups in total. The smallest absolute Gasteiger partial charge is 0.278 e. The molecule has 8 nitrogen and oxygen atoms in total. The Morgan fingerprint density at radius 2 is 2.30 bits per heavy atom. The summed E-state index contributed by atoms with van der Waals surface area (Å²) in [6.07, 6.45) is 1.71. The van der Waals surface area contributed by atoms with E-state index in [0.29, 0.717) is 6.42 Å². The first-order valence-corrected chi connectivity index (χ1v) is 6.06. The van der Waals surface area contributed by atoms with Crippen LogP contribution in [-0.2, 0) is 11.3 Å². The number of hydrogen-bond acceptors (Lipinski definition) is 6. The lowest BCUT2D eigenvalue weighted by Gasteiger charge is -2.49. The second-order valence-corrected chi connectivity index (χ2v) is 4.81. The van der Waals surface area contributed by atoms with Crippen LogP contribution in [0.5, 0.6) is 5.75 Å². The van der Waals surface area contributed by atoms with E-state index in [0.717, 1.165) is 11.0 Å². The highest BCUT2D eigenvalue weighted by Crippen LogP contribution is 2.32. The summed E-state index contributed by atoms with van der Waals surface area (Å²) < 4.78 is 6.82. The van der Waals surface area contributed by atoms with Crippen LogP contribution in [0.2, 0.25) is 0 Å². The van der Waals surface area contributed by atoms with Gasteiger partial charge in [-0.2, -0.15) is 5.26 Å². The van der Waals surface area contributed by atoms with Crippen LogP contribution in [0.4, 0.5) is 0 Å². The first-order valence-electron chi connectivity index (χ1n) is 6.06. The predicted molar refractivity (Wildman–Crippen MR) is 65.4 cm³/mol. The van der Waals surface area contributed by atoms with Gasteiger partial charge in [0.2, 0.25) is 11.3 Å². The van der Waals surface area contributed by atoms with Gasteiger partial charge in [0.1, 0.15) is 6.04 Å². The van der Waals surface area contributed by atoms with Crippen molar-refractivity contribution in [2.45, 2.75) is 24.9 Å². The average molecular weight is 276 g/mol. The minimum atomic E-state index is -1.44. The molecule has 0 bridgehead atoms. The molecule has 0 aliphatic carbocycles. The molecule has 0 unspecified atom stereocenters. The van der Waals surface area contributed by atoms with Gasteiger partial charge in [-0.3, -0.25) is 20.2 Å². The highest BCUT2D eigenvalue weighted by atomic mass is 16.5. The molecule has 3 heterocycles. The molecule has 0 spiro atoms. The van der Waals surface area contributed by atoms with E-state index in [-0.39, 0.29) is 18.8 Å². The fourth-order valence-electron chi connectivity index (χ4n) is 2.65. The van der Waals surface area contributed by atoms with Crippen LogP contribution in [-0.4, -0.2) is 39.0 Å². The molecular formula is C12H12N4O4. The number of amides is 1. The van der Waals surface area contributed by atoms with Crippen molar-refractivity contribution in [2.24, 2.45) is 5.73 Å². The van der Waals surface area contributed by atoms with Crippen molar-refractivity contribution in [3.63, 3.8) is 0 Å². The number of aromatic nitrogens is 1. The molecule has 1 fully saturated rings. The highest BCUT2D eigenvalue weighted by molar-refractivity contribution is 5.96. The average Bonchev–Trinajstić information content (AvgIpc) is 2.41. The van der Waals surface area contributed by atoms with Crippen LogP contribution in [0.1, 0.15) is 16.9 Å². The van der Waals surface area contributed by atoms with E-state index >= 15 is 0 Å². The molecule has 1 amide bonds. The summed E-state index contributed by atoms with van der Waals surface area (Å²) in [4.78, 5) is 25.1. The van der Waals surface area contributed by atoms with Crippen molar-refractivity contribution in [3.8, 4) is 11.8 Å². The predicted octanol–water partition coefficient (Wildman–Crippen LogP) is -1.07. The molecule has 8 heteroatoms. The molecule has 2 atom stereocenters. The van der Waals surface area contributed by atoms with Crippen LogP contribution in [0, 0.1) is 11.3 Å². The molecule has 2 aliphatic heterocycles. The van der Waals surface area contributed by atoms with Crippen molar-refractivity contribution < 1.29 is 14.6 Å². The number of nitrogens with zero attached hydrogens (tertiary/aromatic N) is 3. The van der Waals surface area contributed by atoms with Crippen LogP contribution < -0.4 is 11.2 Å². The van der Waals surface area contributed by atoms with E-state index in [1.54, 1.807) is 0 Å². The summed E-state index contributed by atoms with van der Waals surface area (Å²) in [5.41, 5.74) is 5.26. The second-order valence-electron chi connectivity index (χ2n) is 4.81. The SMILES string of the molecule is N#C[C@@H]1CCO[C@@]2(N)Cn3ccc(=O)c(O)c3C(=O)N12. The van der Waals surface area contributed by atoms with E-state index in [4.69, 9.17) is 15.7 Å². The summed E-state index contributed by atoms with van der Waals surface area (Å²) in [6.45, 7) is 0.306. The molecule has 1 aromatic heterocycles. The second kappa shape index (κ2) is 4.06. The lowest BCUT2D eigenvalue weighted by molar-refractivity contribution is -0.187.